The lowest BCUT2D eigenvalue weighted by atomic mass is 9.94. The first-order valence-corrected chi connectivity index (χ1v) is 12.6. The maximum Gasteiger partial charge on any atom is 0.217 e. The van der Waals surface area contributed by atoms with Crippen molar-refractivity contribution in [2.24, 2.45) is 0 Å². The van der Waals surface area contributed by atoms with E-state index in [4.69, 9.17) is 23.7 Å². The molecule has 18 heteroatoms. The largest absolute Gasteiger partial charge is 0.394 e. The van der Waals surface area contributed by atoms with Crippen LogP contribution in [0.5, 0.6) is 0 Å². The highest BCUT2D eigenvalue weighted by molar-refractivity contribution is 5.73. The van der Waals surface area contributed by atoms with E-state index in [0.29, 0.717) is 0 Å². The molecule has 18 nitrogen and oxygen atoms in total. The monoisotopic (exact) mass is 586 g/mol. The van der Waals surface area contributed by atoms with Gasteiger partial charge in [-0.1, -0.05) is 0 Å². The van der Waals surface area contributed by atoms with Gasteiger partial charge in [-0.2, -0.15) is 0 Å². The molecular formula is C22H38N2O16. The SMILES string of the molecule is CC(=O)N[C@@H]1[C@@H](O)[C@H](O[C@@H]2O[C@H](CO)[C@H](O[C@H]3O[C@H](CO)[C@@H](O)[C@H](O)[C@H]3NC(C)=O)[C@H](O)[C@H]2O)[C@@H](CO)O[C@H]1O. The van der Waals surface area contributed by atoms with E-state index in [1.165, 1.54) is 0 Å². The predicted octanol–water partition coefficient (Wildman–Crippen LogP) is -7.29. The number of amides is 2. The fourth-order valence-corrected chi connectivity index (χ4v) is 4.87. The van der Waals surface area contributed by atoms with Gasteiger partial charge in [0.15, 0.2) is 18.9 Å². The molecule has 232 valence electrons. The van der Waals surface area contributed by atoms with Crippen LogP contribution in [0, 0.1) is 0 Å². The molecule has 0 bridgehead atoms. The van der Waals surface area contributed by atoms with Gasteiger partial charge in [0.25, 0.3) is 0 Å². The summed E-state index contributed by atoms with van der Waals surface area (Å²) in [6.45, 7) is -0.106. The normalized spacial score (nSPS) is 46.0. The molecule has 0 unspecified atom stereocenters. The van der Waals surface area contributed by atoms with E-state index in [0.717, 1.165) is 13.8 Å². The Morgan fingerprint density at radius 1 is 0.600 bits per heavy atom. The third-order valence-corrected chi connectivity index (χ3v) is 6.90. The Morgan fingerprint density at radius 2 is 1.07 bits per heavy atom. The minimum absolute atomic E-state index is 0.624. The number of ether oxygens (including phenoxy) is 5. The molecule has 0 aromatic carbocycles. The third-order valence-electron chi connectivity index (χ3n) is 6.90. The van der Waals surface area contributed by atoms with Crippen LogP contribution in [0.4, 0.5) is 0 Å². The lowest BCUT2D eigenvalue weighted by Crippen LogP contribution is -2.69. The first-order chi connectivity index (χ1) is 18.8. The Kier molecular flexibility index (Phi) is 11.5. The molecule has 11 N–H and O–H groups in total. The lowest BCUT2D eigenvalue weighted by Gasteiger charge is -2.48. The number of hydrogen-bond acceptors (Lipinski definition) is 16. The average molecular weight is 587 g/mol. The molecule has 0 radical (unpaired) electrons. The van der Waals surface area contributed by atoms with Crippen molar-refractivity contribution in [3.63, 3.8) is 0 Å². The Bertz CT molecular complexity index is 852. The molecular weight excluding hydrogens is 548 g/mol. The molecule has 0 saturated carbocycles. The minimum atomic E-state index is -1.93. The van der Waals surface area contributed by atoms with Gasteiger partial charge < -0.3 is 80.3 Å². The standard InChI is InChI=1S/C22H38N2O16/c1-6(28)23-11-15(32)18(9(4-26)36-20(11)35)40-22-17(34)16(33)19(10(5-27)38-22)39-21-12(24-7(2)29)14(31)13(30)8(3-25)37-21/h8-22,25-27,30-35H,3-5H2,1-2H3,(H,23,28)(H,24,29)/t8-,9-,10-,11-,12-,13-,14-,15-,16-,17-,18-,19+,20-,21-,22+/m1/s1. The van der Waals surface area contributed by atoms with Crippen LogP contribution in [0.2, 0.25) is 0 Å². The van der Waals surface area contributed by atoms with E-state index in [9.17, 15) is 55.5 Å². The summed E-state index contributed by atoms with van der Waals surface area (Å²) in [4.78, 5) is 23.2. The van der Waals surface area contributed by atoms with Crippen LogP contribution in [-0.2, 0) is 33.3 Å². The summed E-state index contributed by atoms with van der Waals surface area (Å²) in [5, 5.41) is 96.9. The highest BCUT2D eigenvalue weighted by Gasteiger charge is 2.53. The van der Waals surface area contributed by atoms with Gasteiger partial charge in [-0.3, -0.25) is 9.59 Å². The zero-order valence-corrected chi connectivity index (χ0v) is 21.7. The van der Waals surface area contributed by atoms with Gasteiger partial charge in [0.05, 0.1) is 19.8 Å². The number of nitrogens with one attached hydrogen (secondary N) is 2. The summed E-state index contributed by atoms with van der Waals surface area (Å²) in [6, 6.07) is -2.79. The Morgan fingerprint density at radius 3 is 1.62 bits per heavy atom. The molecule has 3 aliphatic rings. The quantitative estimate of drug-likeness (QED) is 0.120. The van der Waals surface area contributed by atoms with E-state index in [1.807, 2.05) is 0 Å². The zero-order chi connectivity index (χ0) is 29.9. The summed E-state index contributed by atoms with van der Waals surface area (Å²) < 4.78 is 27.5. The highest BCUT2D eigenvalue weighted by Crippen LogP contribution is 2.32. The van der Waals surface area contributed by atoms with Crippen molar-refractivity contribution in [2.45, 2.75) is 106 Å². The molecule has 3 rings (SSSR count). The summed E-state index contributed by atoms with van der Waals surface area (Å²) in [5.74, 6) is -1.26. The number of carbonyl (C=O) groups excluding carboxylic acids is 2. The van der Waals surface area contributed by atoms with Gasteiger partial charge in [0.1, 0.15) is 73.1 Å². The number of hydrogen-bond donors (Lipinski definition) is 11. The number of aliphatic hydroxyl groups is 9. The molecule has 0 aromatic rings. The second-order valence-electron chi connectivity index (χ2n) is 9.81. The van der Waals surface area contributed by atoms with E-state index in [2.05, 4.69) is 10.6 Å². The maximum absolute atomic E-state index is 11.7. The van der Waals surface area contributed by atoms with Crippen molar-refractivity contribution in [1.82, 2.24) is 10.6 Å². The Hall–Kier alpha value is -1.62. The van der Waals surface area contributed by atoms with E-state index in [1.54, 1.807) is 0 Å². The van der Waals surface area contributed by atoms with E-state index in [-0.39, 0.29) is 0 Å². The molecule has 0 aromatic heterocycles. The molecule has 3 aliphatic heterocycles. The third kappa shape index (κ3) is 7.05. The lowest BCUT2D eigenvalue weighted by molar-refractivity contribution is -0.366. The number of aliphatic hydroxyl groups excluding tert-OH is 9. The smallest absolute Gasteiger partial charge is 0.217 e. The summed E-state index contributed by atoms with van der Waals surface area (Å²) >= 11 is 0. The molecule has 0 aliphatic carbocycles. The molecule has 15 atom stereocenters. The average Bonchev–Trinajstić information content (AvgIpc) is 2.90. The fourth-order valence-electron chi connectivity index (χ4n) is 4.87. The summed E-state index contributed by atoms with van der Waals surface area (Å²) in [5.41, 5.74) is 0. The zero-order valence-electron chi connectivity index (χ0n) is 21.7. The van der Waals surface area contributed by atoms with Crippen molar-refractivity contribution in [3.8, 4) is 0 Å². The summed E-state index contributed by atoms with van der Waals surface area (Å²) in [7, 11) is 0. The van der Waals surface area contributed by atoms with Crippen molar-refractivity contribution in [1.29, 1.82) is 0 Å². The second-order valence-corrected chi connectivity index (χ2v) is 9.81. The maximum atomic E-state index is 11.7. The predicted molar refractivity (Wildman–Crippen MR) is 124 cm³/mol. The van der Waals surface area contributed by atoms with E-state index < -0.39 is 124 Å². The van der Waals surface area contributed by atoms with Crippen molar-refractivity contribution in [2.75, 3.05) is 19.8 Å². The van der Waals surface area contributed by atoms with Crippen LogP contribution in [0.1, 0.15) is 13.8 Å². The van der Waals surface area contributed by atoms with Crippen LogP contribution in [0.3, 0.4) is 0 Å². The van der Waals surface area contributed by atoms with Gasteiger partial charge in [0, 0.05) is 13.8 Å². The van der Waals surface area contributed by atoms with Crippen LogP contribution in [-0.4, -0.2) is 170 Å². The van der Waals surface area contributed by atoms with Crippen molar-refractivity contribution >= 4 is 11.8 Å². The number of rotatable bonds is 9. The second kappa shape index (κ2) is 14.0. The first-order valence-electron chi connectivity index (χ1n) is 12.6. The molecule has 3 heterocycles. The van der Waals surface area contributed by atoms with Crippen LogP contribution in [0.25, 0.3) is 0 Å². The van der Waals surface area contributed by atoms with Crippen LogP contribution < -0.4 is 10.6 Å². The van der Waals surface area contributed by atoms with E-state index >= 15 is 0 Å². The fraction of sp³-hybridized carbons (Fsp3) is 0.909. The first kappa shape index (κ1) is 32.9. The van der Waals surface area contributed by atoms with Crippen LogP contribution >= 0.6 is 0 Å². The molecule has 40 heavy (non-hydrogen) atoms. The van der Waals surface area contributed by atoms with Gasteiger partial charge in [-0.05, 0) is 0 Å². The van der Waals surface area contributed by atoms with Gasteiger partial charge in [-0.25, -0.2) is 0 Å². The molecule has 0 spiro atoms. The molecule has 3 saturated heterocycles. The summed E-state index contributed by atoms with van der Waals surface area (Å²) in [6.07, 6.45) is -21.1. The van der Waals surface area contributed by atoms with Gasteiger partial charge in [0.2, 0.25) is 11.8 Å². The Balaban J connectivity index is 1.78. The minimum Gasteiger partial charge on any atom is -0.394 e. The van der Waals surface area contributed by atoms with Crippen molar-refractivity contribution in [3.05, 3.63) is 0 Å². The molecule has 3 fully saturated rings. The topological polar surface area (TPSA) is 286 Å². The van der Waals surface area contributed by atoms with Crippen molar-refractivity contribution < 1.29 is 79.2 Å². The Labute approximate surface area is 228 Å². The van der Waals surface area contributed by atoms with Gasteiger partial charge in [-0.15, -0.1) is 0 Å². The molecule has 2 amide bonds. The van der Waals surface area contributed by atoms with Crippen LogP contribution in [0.15, 0.2) is 0 Å². The highest BCUT2D eigenvalue weighted by atomic mass is 16.7. The number of carbonyl (C=O) groups is 2. The van der Waals surface area contributed by atoms with Gasteiger partial charge >= 0.3 is 0 Å².